The van der Waals surface area contributed by atoms with Gasteiger partial charge in [-0.2, -0.15) is 0 Å². The van der Waals surface area contributed by atoms with E-state index in [0.29, 0.717) is 0 Å². The van der Waals surface area contributed by atoms with Gasteiger partial charge in [0.15, 0.2) is 0 Å². The molecule has 3 aromatic carbocycles. The van der Waals surface area contributed by atoms with Crippen LogP contribution in [0.5, 0.6) is 5.75 Å². The largest absolute Gasteiger partial charge is 0.497 e. The van der Waals surface area contributed by atoms with Gasteiger partial charge in [-0.25, -0.2) is 4.98 Å². The minimum absolute atomic E-state index is 0.0505. The van der Waals surface area contributed by atoms with E-state index in [1.54, 1.807) is 7.11 Å². The Kier molecular flexibility index (Phi) is 4.57. The molecule has 0 bridgehead atoms. The number of benzene rings is 3. The molecule has 0 saturated heterocycles. The van der Waals surface area contributed by atoms with Crippen molar-refractivity contribution < 1.29 is 4.74 Å². The van der Waals surface area contributed by atoms with Crippen molar-refractivity contribution in [1.29, 1.82) is 0 Å². The first-order chi connectivity index (χ1) is 14.3. The van der Waals surface area contributed by atoms with Gasteiger partial charge in [0.2, 0.25) is 0 Å². The summed E-state index contributed by atoms with van der Waals surface area (Å²) < 4.78 is 5.36. The summed E-state index contributed by atoms with van der Waals surface area (Å²) in [5.41, 5.74) is 4.76. The van der Waals surface area contributed by atoms with E-state index in [-0.39, 0.29) is 11.5 Å². The number of rotatable bonds is 7. The summed E-state index contributed by atoms with van der Waals surface area (Å²) >= 11 is 0. The second kappa shape index (κ2) is 7.37. The van der Waals surface area contributed by atoms with E-state index in [9.17, 15) is 0 Å². The molecule has 4 heteroatoms. The Hall–Kier alpha value is -3.11. The van der Waals surface area contributed by atoms with Crippen LogP contribution >= 0.6 is 0 Å². The number of ether oxygens (including phenoxy) is 1. The van der Waals surface area contributed by atoms with Crippen molar-refractivity contribution in [3.63, 3.8) is 0 Å². The third kappa shape index (κ3) is 3.40. The van der Waals surface area contributed by atoms with Crippen LogP contribution < -0.4 is 10.1 Å². The summed E-state index contributed by atoms with van der Waals surface area (Å²) in [4.78, 5) is 8.52. The fraction of sp³-hybridized carbons (Fsp3) is 0.240. The molecule has 4 aromatic rings. The maximum Gasteiger partial charge on any atom is 0.125 e. The number of para-hydroxylation sites is 2. The lowest BCUT2D eigenvalue weighted by Crippen LogP contribution is -2.33. The lowest BCUT2D eigenvalue weighted by atomic mass is 9.87. The SMILES string of the molecule is COc1ccc(C2(C(NCc3ccccc3)c3nc4ccccc4[nH]3)CC2)cc1. The van der Waals surface area contributed by atoms with Crippen molar-refractivity contribution in [1.82, 2.24) is 15.3 Å². The van der Waals surface area contributed by atoms with Crippen LogP contribution in [0.3, 0.4) is 0 Å². The smallest absolute Gasteiger partial charge is 0.125 e. The van der Waals surface area contributed by atoms with Crippen LogP contribution in [0, 0.1) is 0 Å². The summed E-state index contributed by atoms with van der Waals surface area (Å²) in [7, 11) is 1.71. The van der Waals surface area contributed by atoms with E-state index in [1.165, 1.54) is 11.1 Å². The number of methoxy groups -OCH3 is 1. The first kappa shape index (κ1) is 18.0. The van der Waals surface area contributed by atoms with Crippen molar-refractivity contribution in [2.45, 2.75) is 30.8 Å². The van der Waals surface area contributed by atoms with E-state index in [0.717, 1.165) is 42.0 Å². The maximum absolute atomic E-state index is 5.36. The molecular formula is C25H25N3O. The summed E-state index contributed by atoms with van der Waals surface area (Å²) in [5, 5.41) is 3.82. The molecule has 0 aliphatic heterocycles. The van der Waals surface area contributed by atoms with Gasteiger partial charge in [-0.3, -0.25) is 0 Å². The van der Waals surface area contributed by atoms with Crippen molar-refractivity contribution in [2.24, 2.45) is 0 Å². The number of hydrogen-bond donors (Lipinski definition) is 2. The van der Waals surface area contributed by atoms with Gasteiger partial charge in [0.05, 0.1) is 24.2 Å². The lowest BCUT2D eigenvalue weighted by Gasteiger charge is -2.27. The Labute approximate surface area is 171 Å². The Morgan fingerprint density at radius 1 is 0.966 bits per heavy atom. The zero-order valence-electron chi connectivity index (χ0n) is 16.6. The Morgan fingerprint density at radius 3 is 2.38 bits per heavy atom. The Balaban J connectivity index is 1.52. The molecule has 1 heterocycles. The van der Waals surface area contributed by atoms with E-state index in [2.05, 4.69) is 77.0 Å². The third-order valence-electron chi connectivity index (χ3n) is 6.04. The maximum atomic E-state index is 5.36. The van der Waals surface area contributed by atoms with Crippen LogP contribution in [0.25, 0.3) is 11.0 Å². The highest BCUT2D eigenvalue weighted by atomic mass is 16.5. The number of aromatic nitrogens is 2. The molecule has 1 fully saturated rings. The topological polar surface area (TPSA) is 49.9 Å². The number of nitrogens with one attached hydrogen (secondary N) is 2. The molecule has 0 spiro atoms. The van der Waals surface area contributed by atoms with Gasteiger partial charge in [-0.05, 0) is 48.2 Å². The molecule has 1 aliphatic rings. The average molecular weight is 383 g/mol. The van der Waals surface area contributed by atoms with E-state index >= 15 is 0 Å². The quantitative estimate of drug-likeness (QED) is 0.465. The lowest BCUT2D eigenvalue weighted by molar-refractivity contribution is 0.406. The van der Waals surface area contributed by atoms with Crippen LogP contribution in [0.2, 0.25) is 0 Å². The number of hydrogen-bond acceptors (Lipinski definition) is 3. The van der Waals surface area contributed by atoms with Crippen LogP contribution in [-0.2, 0) is 12.0 Å². The molecule has 146 valence electrons. The number of nitrogens with zero attached hydrogens (tertiary/aromatic N) is 1. The van der Waals surface area contributed by atoms with Crippen molar-refractivity contribution in [2.75, 3.05) is 7.11 Å². The van der Waals surface area contributed by atoms with Crippen LogP contribution in [-0.4, -0.2) is 17.1 Å². The minimum Gasteiger partial charge on any atom is -0.497 e. The molecule has 2 N–H and O–H groups in total. The van der Waals surface area contributed by atoms with Crippen LogP contribution in [0.4, 0.5) is 0 Å². The van der Waals surface area contributed by atoms with Gasteiger partial charge in [0.25, 0.3) is 0 Å². The van der Waals surface area contributed by atoms with Crippen molar-refractivity contribution in [3.8, 4) is 5.75 Å². The van der Waals surface area contributed by atoms with Crippen LogP contribution in [0.1, 0.15) is 35.8 Å². The highest BCUT2D eigenvalue weighted by Crippen LogP contribution is 2.56. The molecule has 4 nitrogen and oxygen atoms in total. The number of aromatic amines is 1. The van der Waals surface area contributed by atoms with Gasteiger partial charge in [0, 0.05) is 12.0 Å². The molecule has 29 heavy (non-hydrogen) atoms. The minimum atomic E-state index is 0.0505. The van der Waals surface area contributed by atoms with Crippen molar-refractivity contribution >= 4 is 11.0 Å². The number of H-pyrrole nitrogens is 1. The molecule has 1 unspecified atom stereocenters. The first-order valence-corrected chi connectivity index (χ1v) is 10.1. The van der Waals surface area contributed by atoms with Crippen molar-refractivity contribution in [3.05, 3.63) is 95.8 Å². The monoisotopic (exact) mass is 383 g/mol. The van der Waals surface area contributed by atoms with Crippen LogP contribution in [0.15, 0.2) is 78.9 Å². The van der Waals surface area contributed by atoms with Gasteiger partial charge in [-0.1, -0.05) is 54.6 Å². The van der Waals surface area contributed by atoms with Gasteiger partial charge < -0.3 is 15.0 Å². The molecule has 5 rings (SSSR count). The highest BCUT2D eigenvalue weighted by Gasteiger charge is 2.52. The molecule has 0 amide bonds. The molecular weight excluding hydrogens is 358 g/mol. The van der Waals surface area contributed by atoms with E-state index in [4.69, 9.17) is 9.72 Å². The first-order valence-electron chi connectivity index (χ1n) is 10.1. The average Bonchev–Trinajstić information content (AvgIpc) is 3.46. The molecule has 0 radical (unpaired) electrons. The Morgan fingerprint density at radius 2 is 1.69 bits per heavy atom. The summed E-state index contributed by atoms with van der Waals surface area (Å²) in [6.07, 6.45) is 2.28. The molecule has 1 aliphatic carbocycles. The second-order valence-corrected chi connectivity index (χ2v) is 7.82. The van der Waals surface area contributed by atoms with Gasteiger partial charge in [-0.15, -0.1) is 0 Å². The normalized spacial score (nSPS) is 15.9. The highest BCUT2D eigenvalue weighted by molar-refractivity contribution is 5.75. The van der Waals surface area contributed by atoms with Gasteiger partial charge >= 0.3 is 0 Å². The summed E-state index contributed by atoms with van der Waals surface area (Å²) in [6, 6.07) is 27.4. The standard InChI is InChI=1S/C25H25N3O/c1-29-20-13-11-19(12-14-20)25(15-16-25)23(26-17-18-7-3-2-4-8-18)24-27-21-9-5-6-10-22(21)28-24/h2-14,23,26H,15-17H2,1H3,(H,27,28). The molecule has 1 saturated carbocycles. The predicted octanol–water partition coefficient (Wildman–Crippen LogP) is 5.13. The zero-order chi connectivity index (χ0) is 19.7. The molecule has 1 aromatic heterocycles. The zero-order valence-corrected chi connectivity index (χ0v) is 16.6. The fourth-order valence-electron chi connectivity index (χ4n) is 4.28. The number of fused-ring (bicyclic) bond motifs is 1. The van der Waals surface area contributed by atoms with E-state index < -0.39 is 0 Å². The third-order valence-corrected chi connectivity index (χ3v) is 6.04. The fourth-order valence-corrected chi connectivity index (χ4v) is 4.28. The summed E-state index contributed by atoms with van der Waals surface area (Å²) in [6.45, 7) is 0.806. The van der Waals surface area contributed by atoms with Gasteiger partial charge in [0.1, 0.15) is 11.6 Å². The number of imidazole rings is 1. The predicted molar refractivity (Wildman–Crippen MR) is 116 cm³/mol. The molecule has 1 atom stereocenters. The van der Waals surface area contributed by atoms with E-state index in [1.807, 2.05) is 12.1 Å². The second-order valence-electron chi connectivity index (χ2n) is 7.82. The Bertz CT molecular complexity index is 1060. The summed E-state index contributed by atoms with van der Waals surface area (Å²) in [5.74, 6) is 1.90.